The van der Waals surface area contributed by atoms with Crippen molar-refractivity contribution in [3.8, 4) is 11.8 Å². The number of hydrogen-bond acceptors (Lipinski definition) is 2. The molecule has 0 spiro atoms. The molecule has 5 heteroatoms. The van der Waals surface area contributed by atoms with E-state index in [1.165, 1.54) is 6.21 Å². The van der Waals surface area contributed by atoms with Gasteiger partial charge in [0, 0.05) is 12.6 Å². The molecule has 1 aliphatic carbocycles. The third-order valence-corrected chi connectivity index (χ3v) is 2.49. The summed E-state index contributed by atoms with van der Waals surface area (Å²) in [6, 6.07) is 0. The van der Waals surface area contributed by atoms with E-state index in [9.17, 15) is 13.2 Å². The molecule has 96 valence electrons. The van der Waals surface area contributed by atoms with Gasteiger partial charge in [-0.05, 0) is 6.42 Å². The Morgan fingerprint density at radius 2 is 2.22 bits per heavy atom. The van der Waals surface area contributed by atoms with Crippen LogP contribution in [0.1, 0.15) is 12.8 Å². The first-order chi connectivity index (χ1) is 8.40. The smallest absolute Gasteiger partial charge is 0.411 e. The van der Waals surface area contributed by atoms with Crippen molar-refractivity contribution >= 4 is 6.21 Å². The molecule has 1 N–H and O–H groups in total. The summed E-state index contributed by atoms with van der Waals surface area (Å²) < 4.78 is 36.8. The monoisotopic (exact) mass is 255 g/mol. The Morgan fingerprint density at radius 1 is 1.50 bits per heavy atom. The number of rotatable bonds is 2. The highest BCUT2D eigenvalue weighted by atomic mass is 19.4. The summed E-state index contributed by atoms with van der Waals surface area (Å²) in [7, 11) is 0. The van der Waals surface area contributed by atoms with Crippen molar-refractivity contribution < 1.29 is 18.4 Å². The van der Waals surface area contributed by atoms with Crippen molar-refractivity contribution in [2.45, 2.75) is 19.0 Å². The zero-order chi connectivity index (χ0) is 13.6. The number of alkyl halides is 3. The van der Waals surface area contributed by atoms with Crippen LogP contribution in [0.25, 0.3) is 0 Å². The van der Waals surface area contributed by atoms with Crippen LogP contribution >= 0.6 is 0 Å². The summed E-state index contributed by atoms with van der Waals surface area (Å²) in [6.07, 6.45) is 4.41. The van der Waals surface area contributed by atoms with Gasteiger partial charge in [-0.25, -0.2) is 0 Å². The van der Waals surface area contributed by atoms with Gasteiger partial charge >= 0.3 is 6.18 Å². The SMILES string of the molecule is C=C(C#CC1(CC=NO)C=CC=CC1)C(F)(F)F. The van der Waals surface area contributed by atoms with Crippen LogP contribution in [0, 0.1) is 17.3 Å². The van der Waals surface area contributed by atoms with Crippen molar-refractivity contribution in [1.82, 2.24) is 0 Å². The van der Waals surface area contributed by atoms with E-state index >= 15 is 0 Å². The van der Waals surface area contributed by atoms with E-state index in [1.54, 1.807) is 24.3 Å². The van der Waals surface area contributed by atoms with Crippen molar-refractivity contribution in [3.05, 3.63) is 36.5 Å². The largest absolute Gasteiger partial charge is 0.423 e. The molecule has 18 heavy (non-hydrogen) atoms. The minimum Gasteiger partial charge on any atom is -0.411 e. The molecule has 0 radical (unpaired) electrons. The summed E-state index contributed by atoms with van der Waals surface area (Å²) in [4.78, 5) is 0. The van der Waals surface area contributed by atoms with Crippen LogP contribution in [-0.2, 0) is 0 Å². The van der Waals surface area contributed by atoms with Crippen molar-refractivity contribution in [1.29, 1.82) is 0 Å². The van der Waals surface area contributed by atoms with Gasteiger partial charge in [0.25, 0.3) is 0 Å². The lowest BCUT2D eigenvalue weighted by Crippen LogP contribution is -2.18. The quantitative estimate of drug-likeness (QED) is 0.348. The van der Waals surface area contributed by atoms with E-state index in [0.717, 1.165) is 0 Å². The highest BCUT2D eigenvalue weighted by molar-refractivity contribution is 5.60. The minimum absolute atomic E-state index is 0.239. The molecule has 0 aromatic rings. The third-order valence-electron chi connectivity index (χ3n) is 2.49. The fraction of sp³-hybridized carbons (Fsp3) is 0.308. The second-order valence-electron chi connectivity index (χ2n) is 3.88. The molecule has 1 atom stereocenters. The number of halogens is 3. The summed E-state index contributed by atoms with van der Waals surface area (Å²) in [6.45, 7) is 2.90. The number of hydrogen-bond donors (Lipinski definition) is 1. The summed E-state index contributed by atoms with van der Waals surface area (Å²) in [5.41, 5.74) is -1.85. The molecule has 0 aromatic carbocycles. The molecule has 1 rings (SSSR count). The first-order valence-corrected chi connectivity index (χ1v) is 5.19. The average molecular weight is 255 g/mol. The highest BCUT2D eigenvalue weighted by Crippen LogP contribution is 2.31. The Balaban J connectivity index is 2.94. The Kier molecular flexibility index (Phi) is 4.38. The van der Waals surface area contributed by atoms with Gasteiger partial charge in [0.15, 0.2) is 0 Å². The van der Waals surface area contributed by atoms with Crippen LogP contribution in [0.4, 0.5) is 13.2 Å². The van der Waals surface area contributed by atoms with Gasteiger partial charge in [0.2, 0.25) is 0 Å². The molecule has 0 saturated carbocycles. The van der Waals surface area contributed by atoms with E-state index in [0.29, 0.717) is 6.42 Å². The van der Waals surface area contributed by atoms with Crippen LogP contribution in [0.15, 0.2) is 41.6 Å². The molecule has 0 fully saturated rings. The highest BCUT2D eigenvalue weighted by Gasteiger charge is 2.31. The van der Waals surface area contributed by atoms with E-state index in [1.807, 2.05) is 5.92 Å². The number of nitrogens with zero attached hydrogens (tertiary/aromatic N) is 1. The lowest BCUT2D eigenvalue weighted by molar-refractivity contribution is -0.0868. The van der Waals surface area contributed by atoms with Gasteiger partial charge in [-0.2, -0.15) is 13.2 Å². The minimum atomic E-state index is -4.51. The fourth-order valence-electron chi connectivity index (χ4n) is 1.43. The molecular weight excluding hydrogens is 243 g/mol. The van der Waals surface area contributed by atoms with Crippen LogP contribution in [-0.4, -0.2) is 17.6 Å². The number of allylic oxidation sites excluding steroid dienone is 5. The second kappa shape index (κ2) is 5.58. The summed E-state index contributed by atoms with van der Waals surface area (Å²) >= 11 is 0. The van der Waals surface area contributed by atoms with E-state index in [-0.39, 0.29) is 6.42 Å². The Hall–Kier alpha value is -1.96. The van der Waals surface area contributed by atoms with E-state index < -0.39 is 17.2 Å². The van der Waals surface area contributed by atoms with Crippen LogP contribution in [0.5, 0.6) is 0 Å². The van der Waals surface area contributed by atoms with Crippen LogP contribution in [0.2, 0.25) is 0 Å². The molecule has 0 aliphatic heterocycles. The van der Waals surface area contributed by atoms with Gasteiger partial charge < -0.3 is 5.21 Å². The first kappa shape index (κ1) is 14.1. The summed E-state index contributed by atoms with van der Waals surface area (Å²) in [5, 5.41) is 11.3. The van der Waals surface area contributed by atoms with Gasteiger partial charge in [-0.1, -0.05) is 42.7 Å². The molecule has 0 aromatic heterocycles. The van der Waals surface area contributed by atoms with Gasteiger partial charge in [0.1, 0.15) is 0 Å². The average Bonchev–Trinajstić information content (AvgIpc) is 2.34. The van der Waals surface area contributed by atoms with E-state index in [4.69, 9.17) is 5.21 Å². The van der Waals surface area contributed by atoms with Gasteiger partial charge in [0.05, 0.1) is 11.0 Å². The lowest BCUT2D eigenvalue weighted by Gasteiger charge is -2.23. The lowest BCUT2D eigenvalue weighted by atomic mass is 9.79. The predicted octanol–water partition coefficient (Wildman–Crippen LogP) is 3.46. The standard InChI is InChI=1S/C13H12F3NO/c1-11(13(14,15)16)5-8-12(9-10-17-18)6-3-2-4-7-12/h2-4,6,10,18H,1,7,9H2. The number of oxime groups is 1. The normalized spacial score (nSPS) is 22.8. The van der Waals surface area contributed by atoms with E-state index in [2.05, 4.69) is 17.7 Å². The molecule has 0 heterocycles. The maximum Gasteiger partial charge on any atom is 0.423 e. The zero-order valence-electron chi connectivity index (χ0n) is 9.54. The Morgan fingerprint density at radius 3 is 2.72 bits per heavy atom. The third kappa shape index (κ3) is 3.81. The fourth-order valence-corrected chi connectivity index (χ4v) is 1.43. The molecule has 1 aliphatic rings. The topological polar surface area (TPSA) is 32.6 Å². The van der Waals surface area contributed by atoms with Crippen LogP contribution < -0.4 is 0 Å². The van der Waals surface area contributed by atoms with Crippen molar-refractivity contribution in [2.24, 2.45) is 10.6 Å². The Labute approximate surface area is 103 Å². The zero-order valence-corrected chi connectivity index (χ0v) is 9.54. The molecular formula is C13H12F3NO. The van der Waals surface area contributed by atoms with Crippen molar-refractivity contribution in [3.63, 3.8) is 0 Å². The Bertz CT molecular complexity index is 463. The summed E-state index contributed by atoms with van der Waals surface area (Å²) in [5.74, 6) is 4.61. The molecule has 0 bridgehead atoms. The molecule has 0 saturated heterocycles. The maximum atomic E-state index is 12.3. The molecule has 2 nitrogen and oxygen atoms in total. The second-order valence-corrected chi connectivity index (χ2v) is 3.88. The predicted molar refractivity (Wildman–Crippen MR) is 63.2 cm³/mol. The van der Waals surface area contributed by atoms with Crippen molar-refractivity contribution in [2.75, 3.05) is 0 Å². The van der Waals surface area contributed by atoms with Gasteiger partial charge in [-0.3, -0.25) is 0 Å². The molecule has 1 unspecified atom stereocenters. The van der Waals surface area contributed by atoms with Gasteiger partial charge in [-0.15, -0.1) is 5.16 Å². The molecule has 0 amide bonds. The first-order valence-electron chi connectivity index (χ1n) is 5.19. The van der Waals surface area contributed by atoms with Crippen LogP contribution in [0.3, 0.4) is 0 Å². The maximum absolute atomic E-state index is 12.3.